The van der Waals surface area contributed by atoms with E-state index in [0.717, 1.165) is 5.56 Å². The second-order valence-corrected chi connectivity index (χ2v) is 4.51. The van der Waals surface area contributed by atoms with Gasteiger partial charge in [-0.2, -0.15) is 0 Å². The fourth-order valence-electron chi connectivity index (χ4n) is 1.27. The van der Waals surface area contributed by atoms with Gasteiger partial charge >= 0.3 is 0 Å². The van der Waals surface area contributed by atoms with Crippen molar-refractivity contribution in [3.8, 4) is 0 Å². The van der Waals surface area contributed by atoms with E-state index in [2.05, 4.69) is 4.98 Å². The molecule has 0 radical (unpaired) electrons. The molecule has 0 aromatic carbocycles. The number of carbonyl (C=O) groups excluding carboxylic acids is 1. The molecule has 5 heteroatoms. The Morgan fingerprint density at radius 2 is 2.33 bits per heavy atom. The molecule has 0 saturated heterocycles. The molecule has 0 saturated carbocycles. The Balaban J connectivity index is 2.46. The van der Waals surface area contributed by atoms with Crippen LogP contribution in [0.1, 0.15) is 21.1 Å². The molecule has 0 spiro atoms. The van der Waals surface area contributed by atoms with Gasteiger partial charge in [-0.05, 0) is 17.9 Å². The molecule has 15 heavy (non-hydrogen) atoms. The number of rotatable bonds is 2. The third-order valence-corrected chi connectivity index (χ3v) is 3.83. The van der Waals surface area contributed by atoms with E-state index in [1.165, 1.54) is 11.3 Å². The molecule has 2 rings (SSSR count). The summed E-state index contributed by atoms with van der Waals surface area (Å²) in [4.78, 5) is 16.6. The Morgan fingerprint density at radius 3 is 2.80 bits per heavy atom. The predicted octanol–water partition coefficient (Wildman–Crippen LogP) is 2.67. The number of hydrogen-bond donors (Lipinski definition) is 0. The molecule has 2 aromatic heterocycles. The number of halogens is 1. The minimum absolute atomic E-state index is 0.120. The van der Waals surface area contributed by atoms with Gasteiger partial charge in [-0.25, -0.2) is 4.98 Å². The van der Waals surface area contributed by atoms with Crippen molar-refractivity contribution in [3.05, 3.63) is 39.1 Å². The Morgan fingerprint density at radius 1 is 1.60 bits per heavy atom. The number of aryl methyl sites for hydroxylation is 2. The predicted molar refractivity (Wildman–Crippen MR) is 60.7 cm³/mol. The van der Waals surface area contributed by atoms with Gasteiger partial charge in [0.05, 0.1) is 9.90 Å². The van der Waals surface area contributed by atoms with Gasteiger partial charge in [-0.15, -0.1) is 11.3 Å². The molecule has 2 aromatic rings. The lowest BCUT2D eigenvalue weighted by atomic mass is 10.2. The minimum Gasteiger partial charge on any atom is -0.331 e. The van der Waals surface area contributed by atoms with E-state index in [4.69, 9.17) is 11.6 Å². The second-order valence-electron chi connectivity index (χ2n) is 3.25. The van der Waals surface area contributed by atoms with Gasteiger partial charge in [0.25, 0.3) is 0 Å². The van der Waals surface area contributed by atoms with Gasteiger partial charge in [-0.1, -0.05) is 11.6 Å². The Labute approximate surface area is 96.3 Å². The smallest absolute Gasteiger partial charge is 0.239 e. The van der Waals surface area contributed by atoms with Gasteiger partial charge in [-0.3, -0.25) is 4.79 Å². The van der Waals surface area contributed by atoms with Crippen LogP contribution in [0.4, 0.5) is 0 Å². The number of imidazole rings is 1. The highest BCUT2D eigenvalue weighted by Crippen LogP contribution is 2.28. The summed E-state index contributed by atoms with van der Waals surface area (Å²) in [5, 5.41) is 2.41. The molecule has 0 bridgehead atoms. The minimum atomic E-state index is -0.120. The van der Waals surface area contributed by atoms with Gasteiger partial charge in [0.15, 0.2) is 5.82 Å². The summed E-state index contributed by atoms with van der Waals surface area (Å²) in [6.45, 7) is 1.88. The lowest BCUT2D eigenvalue weighted by molar-refractivity contribution is 0.103. The lowest BCUT2D eigenvalue weighted by Crippen LogP contribution is -2.07. The van der Waals surface area contributed by atoms with Crippen molar-refractivity contribution >= 4 is 28.7 Å². The Kier molecular flexibility index (Phi) is 2.63. The van der Waals surface area contributed by atoms with Crippen molar-refractivity contribution in [2.45, 2.75) is 6.92 Å². The molecular formula is C10H9ClN2OS. The summed E-state index contributed by atoms with van der Waals surface area (Å²) in [5.74, 6) is 0.296. The molecule has 78 valence electrons. The van der Waals surface area contributed by atoms with Crippen LogP contribution in [-0.4, -0.2) is 15.3 Å². The van der Waals surface area contributed by atoms with Crippen LogP contribution in [0.15, 0.2) is 17.8 Å². The second kappa shape index (κ2) is 3.79. The van der Waals surface area contributed by atoms with Crippen molar-refractivity contribution in [1.29, 1.82) is 0 Å². The Hall–Kier alpha value is -1.13. The Bertz CT molecular complexity index is 515. The summed E-state index contributed by atoms with van der Waals surface area (Å²) < 4.78 is 1.69. The molecular weight excluding hydrogens is 232 g/mol. The van der Waals surface area contributed by atoms with E-state index < -0.39 is 0 Å². The van der Waals surface area contributed by atoms with E-state index in [1.54, 1.807) is 24.0 Å². The standard InChI is InChI=1S/C10H9ClN2OS/c1-6-5-15-9(7(6)11)8(14)10-12-3-4-13(10)2/h3-5H,1-2H3. The number of ketones is 1. The monoisotopic (exact) mass is 240 g/mol. The molecule has 0 aliphatic heterocycles. The van der Waals surface area contributed by atoms with Crippen LogP contribution in [0.3, 0.4) is 0 Å². The summed E-state index contributed by atoms with van der Waals surface area (Å²) in [6.07, 6.45) is 3.34. The molecule has 0 unspecified atom stereocenters. The molecule has 0 fully saturated rings. The lowest BCUT2D eigenvalue weighted by Gasteiger charge is -1.99. The molecule has 0 aliphatic rings. The first kappa shape index (κ1) is 10.4. The maximum atomic E-state index is 12.0. The molecule has 0 atom stereocenters. The summed E-state index contributed by atoms with van der Waals surface area (Å²) >= 11 is 7.38. The number of thiophene rings is 1. The maximum absolute atomic E-state index is 12.0. The van der Waals surface area contributed by atoms with E-state index in [9.17, 15) is 4.79 Å². The quantitative estimate of drug-likeness (QED) is 0.757. The van der Waals surface area contributed by atoms with E-state index in [0.29, 0.717) is 15.7 Å². The molecule has 2 heterocycles. The highest BCUT2D eigenvalue weighted by atomic mass is 35.5. The summed E-state index contributed by atoms with van der Waals surface area (Å²) in [7, 11) is 1.79. The van der Waals surface area contributed by atoms with Crippen LogP contribution in [0.25, 0.3) is 0 Å². The third-order valence-electron chi connectivity index (χ3n) is 2.13. The first-order chi connectivity index (χ1) is 7.11. The normalized spacial score (nSPS) is 10.6. The van der Waals surface area contributed by atoms with E-state index in [1.807, 2.05) is 12.3 Å². The van der Waals surface area contributed by atoms with Crippen LogP contribution >= 0.6 is 22.9 Å². The fraction of sp³-hybridized carbons (Fsp3) is 0.200. The molecule has 0 aliphatic carbocycles. The van der Waals surface area contributed by atoms with Crippen LogP contribution in [-0.2, 0) is 7.05 Å². The average molecular weight is 241 g/mol. The third kappa shape index (κ3) is 1.70. The van der Waals surface area contributed by atoms with Crippen LogP contribution in [0.5, 0.6) is 0 Å². The number of hydrogen-bond acceptors (Lipinski definition) is 3. The van der Waals surface area contributed by atoms with Gasteiger partial charge in [0.1, 0.15) is 0 Å². The first-order valence-electron chi connectivity index (χ1n) is 4.37. The average Bonchev–Trinajstić information content (AvgIpc) is 2.75. The summed E-state index contributed by atoms with van der Waals surface area (Å²) in [5.41, 5.74) is 0.930. The topological polar surface area (TPSA) is 34.9 Å². The van der Waals surface area contributed by atoms with Crippen LogP contribution in [0, 0.1) is 6.92 Å². The van der Waals surface area contributed by atoms with Gasteiger partial charge in [0.2, 0.25) is 5.78 Å². The van der Waals surface area contributed by atoms with Crippen molar-refractivity contribution in [3.63, 3.8) is 0 Å². The van der Waals surface area contributed by atoms with E-state index in [-0.39, 0.29) is 5.78 Å². The largest absolute Gasteiger partial charge is 0.331 e. The van der Waals surface area contributed by atoms with Crippen molar-refractivity contribution in [1.82, 2.24) is 9.55 Å². The van der Waals surface area contributed by atoms with E-state index >= 15 is 0 Å². The highest BCUT2D eigenvalue weighted by molar-refractivity contribution is 7.13. The molecule has 3 nitrogen and oxygen atoms in total. The van der Waals surface area contributed by atoms with Gasteiger partial charge < -0.3 is 4.57 Å². The molecule has 0 amide bonds. The van der Waals surface area contributed by atoms with Gasteiger partial charge in [0, 0.05) is 19.4 Å². The maximum Gasteiger partial charge on any atom is 0.239 e. The zero-order valence-corrected chi connectivity index (χ0v) is 9.89. The van der Waals surface area contributed by atoms with Crippen LogP contribution in [0.2, 0.25) is 5.02 Å². The van der Waals surface area contributed by atoms with Crippen LogP contribution < -0.4 is 0 Å². The highest BCUT2D eigenvalue weighted by Gasteiger charge is 2.19. The number of aromatic nitrogens is 2. The SMILES string of the molecule is Cc1csc(C(=O)c2nccn2C)c1Cl. The fourth-order valence-corrected chi connectivity index (χ4v) is 2.48. The summed E-state index contributed by atoms with van der Waals surface area (Å²) in [6, 6.07) is 0. The van der Waals surface area contributed by atoms with Crippen molar-refractivity contribution in [2.75, 3.05) is 0 Å². The first-order valence-corrected chi connectivity index (χ1v) is 5.62. The number of carbonyl (C=O) groups is 1. The zero-order valence-electron chi connectivity index (χ0n) is 8.32. The van der Waals surface area contributed by atoms with Crippen molar-refractivity contribution in [2.24, 2.45) is 7.05 Å². The zero-order chi connectivity index (χ0) is 11.0. The van der Waals surface area contributed by atoms with Crippen molar-refractivity contribution < 1.29 is 4.79 Å². The number of nitrogens with zero attached hydrogens (tertiary/aromatic N) is 2. The molecule has 0 N–H and O–H groups in total.